The Bertz CT molecular complexity index is 617. The SMILES string of the molecule is O=C(O)CC(NC(=O)c1ccc(F)c([N+](=O)[O-])c1)C(=O)O. The first-order valence-corrected chi connectivity index (χ1v) is 5.41. The number of nitrogens with zero attached hydrogens (tertiary/aromatic N) is 1. The molecular formula is C11H9FN2O7. The summed E-state index contributed by atoms with van der Waals surface area (Å²) in [6, 6.07) is 0.515. The monoisotopic (exact) mass is 300 g/mol. The maximum Gasteiger partial charge on any atom is 0.326 e. The van der Waals surface area contributed by atoms with Gasteiger partial charge in [0.05, 0.1) is 11.3 Å². The zero-order valence-corrected chi connectivity index (χ0v) is 10.3. The van der Waals surface area contributed by atoms with Crippen LogP contribution in [0.5, 0.6) is 0 Å². The quantitative estimate of drug-likeness (QED) is 0.508. The highest BCUT2D eigenvalue weighted by molar-refractivity contribution is 5.97. The number of hydrogen-bond donors (Lipinski definition) is 3. The van der Waals surface area contributed by atoms with Gasteiger partial charge in [-0.3, -0.25) is 19.7 Å². The van der Waals surface area contributed by atoms with E-state index in [9.17, 15) is 28.9 Å². The van der Waals surface area contributed by atoms with E-state index in [1.807, 2.05) is 5.32 Å². The number of benzene rings is 1. The van der Waals surface area contributed by atoms with Crippen LogP contribution >= 0.6 is 0 Å². The highest BCUT2D eigenvalue weighted by Gasteiger charge is 2.25. The predicted octanol–water partition coefficient (Wildman–Crippen LogP) is 0.392. The van der Waals surface area contributed by atoms with E-state index < -0.39 is 46.7 Å². The highest BCUT2D eigenvalue weighted by atomic mass is 19.1. The Labute approximate surface area is 116 Å². The molecule has 1 aromatic carbocycles. The number of nitro benzene ring substituents is 1. The molecule has 0 aliphatic rings. The maximum absolute atomic E-state index is 13.1. The zero-order chi connectivity index (χ0) is 16.2. The van der Waals surface area contributed by atoms with E-state index in [-0.39, 0.29) is 5.56 Å². The van der Waals surface area contributed by atoms with Crippen LogP contribution in [0.25, 0.3) is 0 Å². The molecule has 0 aliphatic carbocycles. The molecule has 0 radical (unpaired) electrons. The molecule has 0 aliphatic heterocycles. The molecule has 3 N–H and O–H groups in total. The Morgan fingerprint density at radius 2 is 1.95 bits per heavy atom. The van der Waals surface area contributed by atoms with Gasteiger partial charge in [0.2, 0.25) is 5.82 Å². The maximum atomic E-state index is 13.1. The summed E-state index contributed by atoms with van der Waals surface area (Å²) in [7, 11) is 0. The van der Waals surface area contributed by atoms with Crippen molar-refractivity contribution in [3.05, 3.63) is 39.7 Å². The number of halogens is 1. The fraction of sp³-hybridized carbons (Fsp3) is 0.182. The van der Waals surface area contributed by atoms with Crippen LogP contribution in [0, 0.1) is 15.9 Å². The number of aliphatic carboxylic acids is 2. The van der Waals surface area contributed by atoms with Crippen molar-refractivity contribution in [3.63, 3.8) is 0 Å². The topological polar surface area (TPSA) is 147 Å². The van der Waals surface area contributed by atoms with Gasteiger partial charge in [-0.2, -0.15) is 4.39 Å². The minimum absolute atomic E-state index is 0.361. The number of rotatable bonds is 6. The molecule has 0 heterocycles. The summed E-state index contributed by atoms with van der Waals surface area (Å²) >= 11 is 0. The number of carbonyl (C=O) groups excluding carboxylic acids is 1. The van der Waals surface area contributed by atoms with Gasteiger partial charge in [-0.25, -0.2) is 4.79 Å². The van der Waals surface area contributed by atoms with Crippen LogP contribution in [-0.4, -0.2) is 39.0 Å². The van der Waals surface area contributed by atoms with Crippen molar-refractivity contribution in [2.45, 2.75) is 12.5 Å². The lowest BCUT2D eigenvalue weighted by Crippen LogP contribution is -2.42. The molecule has 0 saturated heterocycles. The molecule has 9 nitrogen and oxygen atoms in total. The molecule has 1 rings (SSSR count). The van der Waals surface area contributed by atoms with Crippen LogP contribution in [0.4, 0.5) is 10.1 Å². The third kappa shape index (κ3) is 4.23. The normalized spacial score (nSPS) is 11.5. The van der Waals surface area contributed by atoms with Gasteiger partial charge in [0.25, 0.3) is 5.91 Å². The lowest BCUT2D eigenvalue weighted by Gasteiger charge is -2.12. The standard InChI is InChI=1S/C11H9FN2O7/c12-6-2-1-5(3-8(6)14(20)21)10(17)13-7(11(18)19)4-9(15)16/h1-3,7H,4H2,(H,13,17)(H,15,16)(H,18,19). The third-order valence-electron chi connectivity index (χ3n) is 2.39. The van der Waals surface area contributed by atoms with Crippen LogP contribution in [0.15, 0.2) is 18.2 Å². The molecule has 0 aromatic heterocycles. The van der Waals surface area contributed by atoms with Crippen LogP contribution in [-0.2, 0) is 9.59 Å². The Hall–Kier alpha value is -3.04. The Morgan fingerprint density at radius 1 is 1.33 bits per heavy atom. The molecule has 0 fully saturated rings. The van der Waals surface area contributed by atoms with E-state index in [1.165, 1.54) is 0 Å². The summed E-state index contributed by atoms with van der Waals surface area (Å²) in [5, 5.41) is 29.7. The molecule has 0 saturated carbocycles. The van der Waals surface area contributed by atoms with Gasteiger partial charge in [0, 0.05) is 11.6 Å². The van der Waals surface area contributed by atoms with E-state index >= 15 is 0 Å². The van der Waals surface area contributed by atoms with Crippen LogP contribution in [0.1, 0.15) is 16.8 Å². The van der Waals surface area contributed by atoms with Crippen molar-refractivity contribution in [1.82, 2.24) is 5.32 Å². The molecule has 1 amide bonds. The molecule has 1 unspecified atom stereocenters. The van der Waals surface area contributed by atoms with Gasteiger partial charge < -0.3 is 15.5 Å². The average molecular weight is 300 g/mol. The molecule has 112 valence electrons. The molecule has 0 spiro atoms. The first kappa shape index (κ1) is 16.0. The number of amides is 1. The van der Waals surface area contributed by atoms with Crippen LogP contribution < -0.4 is 5.32 Å². The Balaban J connectivity index is 2.97. The number of nitrogens with one attached hydrogen (secondary N) is 1. The van der Waals surface area contributed by atoms with Gasteiger partial charge in [-0.1, -0.05) is 0 Å². The van der Waals surface area contributed by atoms with Crippen molar-refractivity contribution in [3.8, 4) is 0 Å². The highest BCUT2D eigenvalue weighted by Crippen LogP contribution is 2.18. The number of carbonyl (C=O) groups is 3. The fourth-order valence-corrected chi connectivity index (χ4v) is 1.41. The lowest BCUT2D eigenvalue weighted by molar-refractivity contribution is -0.387. The second kappa shape index (κ2) is 6.41. The van der Waals surface area contributed by atoms with Gasteiger partial charge in [-0.05, 0) is 12.1 Å². The number of nitro groups is 1. The fourth-order valence-electron chi connectivity index (χ4n) is 1.41. The summed E-state index contributed by atoms with van der Waals surface area (Å²) < 4.78 is 13.1. The molecule has 1 atom stereocenters. The van der Waals surface area contributed by atoms with Crippen molar-refractivity contribution >= 4 is 23.5 Å². The first-order chi connectivity index (χ1) is 9.72. The molecule has 0 bridgehead atoms. The molecule has 21 heavy (non-hydrogen) atoms. The van der Waals surface area contributed by atoms with Gasteiger partial charge in [-0.15, -0.1) is 0 Å². The minimum atomic E-state index is -1.71. The summed E-state index contributed by atoms with van der Waals surface area (Å²) in [5.74, 6) is -5.25. The van der Waals surface area contributed by atoms with E-state index in [2.05, 4.69) is 0 Å². The Morgan fingerprint density at radius 3 is 2.43 bits per heavy atom. The Kier molecular flexibility index (Phi) is 4.89. The number of carboxylic acid groups (broad SMARTS) is 2. The summed E-state index contributed by atoms with van der Waals surface area (Å²) in [6.45, 7) is 0. The van der Waals surface area contributed by atoms with E-state index in [1.54, 1.807) is 0 Å². The van der Waals surface area contributed by atoms with Crippen LogP contribution in [0.2, 0.25) is 0 Å². The molecular weight excluding hydrogens is 291 g/mol. The van der Waals surface area contributed by atoms with Crippen LogP contribution in [0.3, 0.4) is 0 Å². The van der Waals surface area contributed by atoms with E-state index in [0.29, 0.717) is 12.1 Å². The predicted molar refractivity (Wildman–Crippen MR) is 64.2 cm³/mol. The van der Waals surface area contributed by atoms with Gasteiger partial charge in [0.15, 0.2) is 0 Å². The van der Waals surface area contributed by atoms with E-state index in [4.69, 9.17) is 10.2 Å². The summed E-state index contributed by atoms with van der Waals surface area (Å²) in [4.78, 5) is 42.5. The van der Waals surface area contributed by atoms with Crippen molar-refractivity contribution in [2.24, 2.45) is 0 Å². The smallest absolute Gasteiger partial charge is 0.326 e. The number of carboxylic acids is 2. The summed E-state index contributed by atoms with van der Waals surface area (Å²) in [6.07, 6.45) is -0.871. The van der Waals surface area contributed by atoms with Gasteiger partial charge >= 0.3 is 17.6 Å². The van der Waals surface area contributed by atoms with Crippen molar-refractivity contribution in [2.75, 3.05) is 0 Å². The second-order valence-corrected chi connectivity index (χ2v) is 3.89. The van der Waals surface area contributed by atoms with Crippen molar-refractivity contribution < 1.29 is 33.9 Å². The molecule has 1 aromatic rings. The van der Waals surface area contributed by atoms with E-state index in [0.717, 1.165) is 6.07 Å². The van der Waals surface area contributed by atoms with Gasteiger partial charge in [0.1, 0.15) is 6.04 Å². The molecule has 10 heteroatoms. The minimum Gasteiger partial charge on any atom is -0.481 e. The average Bonchev–Trinajstić information content (AvgIpc) is 2.37. The second-order valence-electron chi connectivity index (χ2n) is 3.89. The van der Waals surface area contributed by atoms with Crippen molar-refractivity contribution in [1.29, 1.82) is 0 Å². The third-order valence-corrected chi connectivity index (χ3v) is 2.39. The first-order valence-electron chi connectivity index (χ1n) is 5.41. The summed E-state index contributed by atoms with van der Waals surface area (Å²) in [5.41, 5.74) is -1.31. The number of hydrogen-bond acceptors (Lipinski definition) is 5. The largest absolute Gasteiger partial charge is 0.481 e. The zero-order valence-electron chi connectivity index (χ0n) is 10.3. The lowest BCUT2D eigenvalue weighted by atomic mass is 10.1.